The Balaban J connectivity index is 1.98. The summed E-state index contributed by atoms with van der Waals surface area (Å²) in [6.45, 7) is 5.63. The number of aryl methyl sites for hydroxylation is 2. The monoisotopic (exact) mass is 269 g/mol. The molecule has 0 saturated carbocycles. The third kappa shape index (κ3) is 3.92. The lowest BCUT2D eigenvalue weighted by molar-refractivity contribution is 0.123. The van der Waals surface area contributed by atoms with Gasteiger partial charge in [-0.2, -0.15) is 0 Å². The summed E-state index contributed by atoms with van der Waals surface area (Å²) in [5.41, 5.74) is 4.72. The summed E-state index contributed by atoms with van der Waals surface area (Å²) in [6.07, 6.45) is -0.439. The quantitative estimate of drug-likeness (QED) is 0.898. The van der Waals surface area contributed by atoms with Gasteiger partial charge in [0.2, 0.25) is 0 Å². The van der Waals surface area contributed by atoms with E-state index < -0.39 is 6.10 Å². The highest BCUT2D eigenvalue weighted by atomic mass is 16.3. The Morgan fingerprint density at radius 3 is 2.50 bits per heavy atom. The fourth-order valence-electron chi connectivity index (χ4n) is 2.54. The summed E-state index contributed by atoms with van der Waals surface area (Å²) in [5, 5.41) is 10.4. The molecule has 0 heterocycles. The lowest BCUT2D eigenvalue weighted by atomic mass is 10.0. The molecule has 0 aliphatic carbocycles. The number of benzene rings is 2. The van der Waals surface area contributed by atoms with Crippen molar-refractivity contribution in [1.82, 2.24) is 4.90 Å². The number of rotatable bonds is 5. The third-order valence-corrected chi connectivity index (χ3v) is 3.57. The molecule has 0 amide bonds. The molecule has 1 N–H and O–H groups in total. The SMILES string of the molecule is Cc1cccc(CN(C)CC(O)c2ccccc2C)c1. The Labute approximate surface area is 121 Å². The van der Waals surface area contributed by atoms with Gasteiger partial charge < -0.3 is 5.11 Å². The summed E-state index contributed by atoms with van der Waals surface area (Å²) in [6, 6.07) is 16.5. The van der Waals surface area contributed by atoms with Crippen LogP contribution in [0.25, 0.3) is 0 Å². The van der Waals surface area contributed by atoms with Crippen molar-refractivity contribution in [3.8, 4) is 0 Å². The highest BCUT2D eigenvalue weighted by Gasteiger charge is 2.12. The summed E-state index contributed by atoms with van der Waals surface area (Å²) < 4.78 is 0. The molecule has 2 aromatic carbocycles. The first-order valence-electron chi connectivity index (χ1n) is 7.04. The average molecular weight is 269 g/mol. The second-order valence-electron chi connectivity index (χ2n) is 5.56. The molecule has 0 aromatic heterocycles. The standard InChI is InChI=1S/C18H23NO/c1-14-7-6-9-16(11-14)12-19(3)13-18(20)17-10-5-4-8-15(17)2/h4-11,18,20H,12-13H2,1-3H3. The molecule has 0 bridgehead atoms. The highest BCUT2D eigenvalue weighted by Crippen LogP contribution is 2.18. The van der Waals surface area contributed by atoms with Gasteiger partial charge in [0.1, 0.15) is 0 Å². The number of hydrogen-bond acceptors (Lipinski definition) is 2. The molecule has 2 rings (SSSR count). The van der Waals surface area contributed by atoms with Gasteiger partial charge in [0, 0.05) is 13.1 Å². The van der Waals surface area contributed by atoms with E-state index in [1.165, 1.54) is 11.1 Å². The molecule has 2 nitrogen and oxygen atoms in total. The first-order chi connectivity index (χ1) is 9.56. The van der Waals surface area contributed by atoms with E-state index in [2.05, 4.69) is 36.1 Å². The molecule has 2 aromatic rings. The highest BCUT2D eigenvalue weighted by molar-refractivity contribution is 5.28. The van der Waals surface area contributed by atoms with Crippen LogP contribution in [0.2, 0.25) is 0 Å². The Morgan fingerprint density at radius 1 is 1.05 bits per heavy atom. The van der Waals surface area contributed by atoms with E-state index in [0.29, 0.717) is 6.54 Å². The van der Waals surface area contributed by atoms with Gasteiger partial charge in [0.25, 0.3) is 0 Å². The van der Waals surface area contributed by atoms with Crippen LogP contribution in [0.4, 0.5) is 0 Å². The lowest BCUT2D eigenvalue weighted by Gasteiger charge is -2.22. The van der Waals surface area contributed by atoms with Crippen LogP contribution in [0.1, 0.15) is 28.4 Å². The Hall–Kier alpha value is -1.64. The first-order valence-corrected chi connectivity index (χ1v) is 7.04. The second-order valence-corrected chi connectivity index (χ2v) is 5.56. The van der Waals surface area contributed by atoms with Crippen LogP contribution in [0.5, 0.6) is 0 Å². The third-order valence-electron chi connectivity index (χ3n) is 3.57. The second kappa shape index (κ2) is 6.69. The molecular weight excluding hydrogens is 246 g/mol. The van der Waals surface area contributed by atoms with Crippen molar-refractivity contribution < 1.29 is 5.11 Å². The van der Waals surface area contributed by atoms with Gasteiger partial charge in [-0.25, -0.2) is 0 Å². The lowest BCUT2D eigenvalue weighted by Crippen LogP contribution is -2.24. The largest absolute Gasteiger partial charge is 0.387 e. The fraction of sp³-hybridized carbons (Fsp3) is 0.333. The van der Waals surface area contributed by atoms with E-state index >= 15 is 0 Å². The van der Waals surface area contributed by atoms with Crippen LogP contribution in [0.15, 0.2) is 48.5 Å². The molecule has 20 heavy (non-hydrogen) atoms. The molecule has 0 aliphatic rings. The van der Waals surface area contributed by atoms with Crippen molar-refractivity contribution in [2.45, 2.75) is 26.5 Å². The number of nitrogens with zero attached hydrogens (tertiary/aromatic N) is 1. The maximum Gasteiger partial charge on any atom is 0.0919 e. The Bertz CT molecular complexity index is 565. The van der Waals surface area contributed by atoms with Crippen LogP contribution in [0, 0.1) is 13.8 Å². The minimum Gasteiger partial charge on any atom is -0.387 e. The van der Waals surface area contributed by atoms with Gasteiger partial charge in [-0.3, -0.25) is 4.90 Å². The molecule has 0 radical (unpaired) electrons. The summed E-state index contributed by atoms with van der Waals surface area (Å²) in [5.74, 6) is 0. The first kappa shape index (κ1) is 14.8. The van der Waals surface area contributed by atoms with Crippen LogP contribution in [-0.4, -0.2) is 23.6 Å². The molecule has 2 heteroatoms. The van der Waals surface area contributed by atoms with Crippen molar-refractivity contribution in [2.24, 2.45) is 0 Å². The maximum absolute atomic E-state index is 10.4. The smallest absolute Gasteiger partial charge is 0.0919 e. The van der Waals surface area contributed by atoms with Crippen LogP contribution in [0.3, 0.4) is 0 Å². The molecule has 0 aliphatic heterocycles. The van der Waals surface area contributed by atoms with E-state index in [0.717, 1.165) is 17.7 Å². The number of aliphatic hydroxyl groups is 1. The van der Waals surface area contributed by atoms with Crippen molar-refractivity contribution in [1.29, 1.82) is 0 Å². The number of hydrogen-bond donors (Lipinski definition) is 1. The molecule has 0 saturated heterocycles. The normalized spacial score (nSPS) is 12.7. The predicted octanol–water partition coefficient (Wildman–Crippen LogP) is 3.47. The van der Waals surface area contributed by atoms with Gasteiger partial charge in [-0.1, -0.05) is 54.1 Å². The predicted molar refractivity (Wildman–Crippen MR) is 83.7 cm³/mol. The number of likely N-dealkylation sites (N-methyl/N-ethyl adjacent to an activating group) is 1. The zero-order valence-corrected chi connectivity index (χ0v) is 12.5. The van der Waals surface area contributed by atoms with E-state index in [-0.39, 0.29) is 0 Å². The van der Waals surface area contributed by atoms with E-state index in [9.17, 15) is 5.11 Å². The fourth-order valence-corrected chi connectivity index (χ4v) is 2.54. The summed E-state index contributed by atoms with van der Waals surface area (Å²) >= 11 is 0. The molecule has 0 spiro atoms. The molecule has 1 atom stereocenters. The summed E-state index contributed by atoms with van der Waals surface area (Å²) in [4.78, 5) is 2.16. The van der Waals surface area contributed by atoms with Gasteiger partial charge in [0.15, 0.2) is 0 Å². The van der Waals surface area contributed by atoms with Gasteiger partial charge in [-0.15, -0.1) is 0 Å². The van der Waals surface area contributed by atoms with Crippen molar-refractivity contribution >= 4 is 0 Å². The minimum absolute atomic E-state index is 0.439. The average Bonchev–Trinajstić information content (AvgIpc) is 2.38. The topological polar surface area (TPSA) is 23.5 Å². The molecular formula is C18H23NO. The Morgan fingerprint density at radius 2 is 1.80 bits per heavy atom. The maximum atomic E-state index is 10.4. The molecule has 106 valence electrons. The molecule has 1 unspecified atom stereocenters. The van der Waals surface area contributed by atoms with Crippen molar-refractivity contribution in [3.05, 3.63) is 70.8 Å². The summed E-state index contributed by atoms with van der Waals surface area (Å²) in [7, 11) is 2.05. The van der Waals surface area contributed by atoms with Crippen molar-refractivity contribution in [3.63, 3.8) is 0 Å². The van der Waals surface area contributed by atoms with Crippen molar-refractivity contribution in [2.75, 3.05) is 13.6 Å². The Kier molecular flexibility index (Phi) is 4.94. The van der Waals surface area contributed by atoms with E-state index in [1.54, 1.807) is 0 Å². The molecule has 0 fully saturated rings. The van der Waals surface area contributed by atoms with E-state index in [1.807, 2.05) is 38.2 Å². The zero-order chi connectivity index (χ0) is 14.5. The van der Waals surface area contributed by atoms with Crippen LogP contribution in [-0.2, 0) is 6.54 Å². The zero-order valence-electron chi connectivity index (χ0n) is 12.5. The van der Waals surface area contributed by atoms with E-state index in [4.69, 9.17) is 0 Å². The van der Waals surface area contributed by atoms with Crippen LogP contribution < -0.4 is 0 Å². The minimum atomic E-state index is -0.439. The van der Waals surface area contributed by atoms with Gasteiger partial charge in [0.05, 0.1) is 6.10 Å². The van der Waals surface area contributed by atoms with Gasteiger partial charge in [-0.05, 0) is 37.6 Å². The van der Waals surface area contributed by atoms with Crippen LogP contribution >= 0.6 is 0 Å². The van der Waals surface area contributed by atoms with Gasteiger partial charge >= 0.3 is 0 Å². The number of aliphatic hydroxyl groups excluding tert-OH is 1.